The molecule has 0 saturated carbocycles. The summed E-state index contributed by atoms with van der Waals surface area (Å²) in [6, 6.07) is 0. The molecule has 2 heterocycles. The van der Waals surface area contributed by atoms with Crippen LogP contribution in [-0.4, -0.2) is 19.3 Å². The Morgan fingerprint density at radius 1 is 1.26 bits per heavy atom. The maximum atomic E-state index is 4.87. The van der Waals surface area contributed by atoms with Crippen molar-refractivity contribution in [2.24, 2.45) is 16.8 Å². The molecule has 1 aliphatic carbocycles. The van der Waals surface area contributed by atoms with Crippen molar-refractivity contribution in [1.29, 1.82) is 0 Å². The molecule has 1 N–H and O–H groups in total. The minimum Gasteiger partial charge on any atom is -0.317 e. The van der Waals surface area contributed by atoms with Crippen LogP contribution in [0.1, 0.15) is 51.9 Å². The first kappa shape index (κ1) is 13.1. The number of piperidine rings is 1. The van der Waals surface area contributed by atoms with Gasteiger partial charge in [-0.25, -0.2) is 0 Å². The number of allylic oxidation sites excluding steroid dienone is 4. The molecule has 2 nitrogen and oxygen atoms in total. The molecule has 1 atom stereocenters. The molecule has 0 radical (unpaired) electrons. The van der Waals surface area contributed by atoms with Crippen molar-refractivity contribution in [1.82, 2.24) is 5.32 Å². The third kappa shape index (κ3) is 3.00. The van der Waals surface area contributed by atoms with Gasteiger partial charge in [-0.2, -0.15) is 0 Å². The Morgan fingerprint density at radius 3 is 2.89 bits per heavy atom. The number of nitrogens with zero attached hydrogens (tertiary/aromatic N) is 1. The lowest BCUT2D eigenvalue weighted by atomic mass is 9.84. The Hall–Kier alpha value is -0.890. The minimum atomic E-state index is 0.744. The van der Waals surface area contributed by atoms with Gasteiger partial charge in [-0.05, 0) is 74.6 Å². The van der Waals surface area contributed by atoms with Crippen molar-refractivity contribution in [3.8, 4) is 0 Å². The van der Waals surface area contributed by atoms with Crippen LogP contribution in [-0.2, 0) is 0 Å². The highest BCUT2D eigenvalue weighted by molar-refractivity contribution is 5.81. The Morgan fingerprint density at radius 2 is 2.11 bits per heavy atom. The Bertz CT molecular complexity index is 411. The van der Waals surface area contributed by atoms with Gasteiger partial charge in [-0.1, -0.05) is 19.4 Å². The number of nitrogens with one attached hydrogen (secondary N) is 1. The van der Waals surface area contributed by atoms with Gasteiger partial charge in [0.15, 0.2) is 0 Å². The van der Waals surface area contributed by atoms with Crippen LogP contribution in [0, 0.1) is 11.8 Å². The molecule has 1 fully saturated rings. The molecule has 0 aromatic rings. The van der Waals surface area contributed by atoms with Gasteiger partial charge in [0.2, 0.25) is 0 Å². The van der Waals surface area contributed by atoms with E-state index in [4.69, 9.17) is 4.99 Å². The monoisotopic (exact) mass is 258 g/mol. The summed E-state index contributed by atoms with van der Waals surface area (Å²) in [4.78, 5) is 4.87. The second-order valence-corrected chi connectivity index (χ2v) is 6.26. The van der Waals surface area contributed by atoms with E-state index in [9.17, 15) is 0 Å². The summed E-state index contributed by atoms with van der Waals surface area (Å²) in [5, 5.41) is 3.45. The van der Waals surface area contributed by atoms with E-state index in [-0.39, 0.29) is 0 Å². The third-order valence-electron chi connectivity index (χ3n) is 5.09. The molecule has 0 aromatic carbocycles. The first-order chi connectivity index (χ1) is 9.36. The zero-order chi connectivity index (χ0) is 13.1. The average molecular weight is 258 g/mol. The van der Waals surface area contributed by atoms with E-state index in [1.165, 1.54) is 62.9 Å². The SMILES string of the molecule is CCC1CCC2=C(C1)N=CC(C1CCNCC1)=CC2. The van der Waals surface area contributed by atoms with Gasteiger partial charge in [0.1, 0.15) is 0 Å². The molecule has 0 aromatic heterocycles. The lowest BCUT2D eigenvalue weighted by molar-refractivity contribution is 0.428. The third-order valence-corrected chi connectivity index (χ3v) is 5.09. The maximum absolute atomic E-state index is 4.87. The van der Waals surface area contributed by atoms with Crippen LogP contribution in [0.5, 0.6) is 0 Å². The molecule has 2 heteroatoms. The predicted molar refractivity (Wildman–Crippen MR) is 81.4 cm³/mol. The van der Waals surface area contributed by atoms with Crippen molar-refractivity contribution in [2.75, 3.05) is 13.1 Å². The highest BCUT2D eigenvalue weighted by Crippen LogP contribution is 2.36. The number of hydrogen-bond donors (Lipinski definition) is 1. The molecular formula is C17H26N2. The lowest BCUT2D eigenvalue weighted by Gasteiger charge is -2.23. The topological polar surface area (TPSA) is 24.4 Å². The molecule has 3 rings (SSSR count). The van der Waals surface area contributed by atoms with Gasteiger partial charge in [-0.3, -0.25) is 4.99 Å². The van der Waals surface area contributed by atoms with Crippen molar-refractivity contribution in [3.63, 3.8) is 0 Å². The Kier molecular flexibility index (Phi) is 4.17. The summed E-state index contributed by atoms with van der Waals surface area (Å²) in [5.74, 6) is 1.62. The molecule has 2 aliphatic heterocycles. The summed E-state index contributed by atoms with van der Waals surface area (Å²) in [6.07, 6.45) is 13.6. The van der Waals surface area contributed by atoms with E-state index in [0.717, 1.165) is 18.3 Å². The first-order valence-corrected chi connectivity index (χ1v) is 8.02. The van der Waals surface area contributed by atoms with Crippen LogP contribution in [0.4, 0.5) is 0 Å². The quantitative estimate of drug-likeness (QED) is 0.799. The van der Waals surface area contributed by atoms with Gasteiger partial charge in [-0.15, -0.1) is 0 Å². The summed E-state index contributed by atoms with van der Waals surface area (Å²) in [6.45, 7) is 4.65. The van der Waals surface area contributed by atoms with Crippen molar-refractivity contribution < 1.29 is 0 Å². The fraction of sp³-hybridized carbons (Fsp3) is 0.706. The second kappa shape index (κ2) is 6.04. The molecule has 0 spiro atoms. The van der Waals surface area contributed by atoms with Crippen LogP contribution >= 0.6 is 0 Å². The fourth-order valence-electron chi connectivity index (χ4n) is 3.63. The molecule has 0 amide bonds. The Labute approximate surface area is 117 Å². The van der Waals surface area contributed by atoms with Gasteiger partial charge >= 0.3 is 0 Å². The molecule has 19 heavy (non-hydrogen) atoms. The van der Waals surface area contributed by atoms with Crippen LogP contribution in [0.25, 0.3) is 0 Å². The standard InChI is InChI=1S/C17H26N2/c1-2-13-3-4-15-5-6-16(12-19-17(15)11-13)14-7-9-18-10-8-14/h6,12-14,18H,2-5,7-11H2,1H3. The van der Waals surface area contributed by atoms with Crippen LogP contribution in [0.3, 0.4) is 0 Å². The maximum Gasteiger partial charge on any atom is 0.0401 e. The fourth-order valence-corrected chi connectivity index (χ4v) is 3.63. The van der Waals surface area contributed by atoms with E-state index in [0.29, 0.717) is 0 Å². The molecule has 1 saturated heterocycles. The van der Waals surface area contributed by atoms with E-state index >= 15 is 0 Å². The van der Waals surface area contributed by atoms with Crippen molar-refractivity contribution in [2.45, 2.75) is 51.9 Å². The normalized spacial score (nSPS) is 28.9. The molecule has 0 bridgehead atoms. The van der Waals surface area contributed by atoms with Crippen LogP contribution in [0.2, 0.25) is 0 Å². The highest BCUT2D eigenvalue weighted by Gasteiger charge is 2.22. The van der Waals surface area contributed by atoms with Gasteiger partial charge in [0, 0.05) is 11.9 Å². The molecule has 3 aliphatic rings. The van der Waals surface area contributed by atoms with E-state index in [1.54, 1.807) is 5.57 Å². The van der Waals surface area contributed by atoms with Gasteiger partial charge in [0.25, 0.3) is 0 Å². The molecule has 104 valence electrons. The van der Waals surface area contributed by atoms with E-state index in [1.807, 2.05) is 0 Å². The molecular weight excluding hydrogens is 232 g/mol. The van der Waals surface area contributed by atoms with Gasteiger partial charge in [0.05, 0.1) is 0 Å². The summed E-state index contributed by atoms with van der Waals surface area (Å²) in [7, 11) is 0. The summed E-state index contributed by atoms with van der Waals surface area (Å²) < 4.78 is 0. The second-order valence-electron chi connectivity index (χ2n) is 6.26. The summed E-state index contributed by atoms with van der Waals surface area (Å²) in [5.41, 5.74) is 4.53. The smallest absolute Gasteiger partial charge is 0.0401 e. The van der Waals surface area contributed by atoms with E-state index in [2.05, 4.69) is 24.5 Å². The van der Waals surface area contributed by atoms with Crippen molar-refractivity contribution in [3.05, 3.63) is 22.9 Å². The van der Waals surface area contributed by atoms with Gasteiger partial charge < -0.3 is 5.32 Å². The number of aliphatic imine (C=N–C) groups is 1. The zero-order valence-electron chi connectivity index (χ0n) is 12.1. The highest BCUT2D eigenvalue weighted by atomic mass is 14.9. The summed E-state index contributed by atoms with van der Waals surface area (Å²) >= 11 is 0. The lowest BCUT2D eigenvalue weighted by Crippen LogP contribution is -2.28. The average Bonchev–Trinajstić information content (AvgIpc) is 2.70. The Balaban J connectivity index is 1.71. The van der Waals surface area contributed by atoms with E-state index < -0.39 is 0 Å². The molecule has 1 unspecified atom stereocenters. The largest absolute Gasteiger partial charge is 0.317 e. The number of rotatable bonds is 2. The zero-order valence-corrected chi connectivity index (χ0v) is 12.1. The van der Waals surface area contributed by atoms with Crippen molar-refractivity contribution >= 4 is 6.21 Å². The number of hydrogen-bond acceptors (Lipinski definition) is 2. The predicted octanol–water partition coefficient (Wildman–Crippen LogP) is 3.85. The van der Waals surface area contributed by atoms with Crippen LogP contribution < -0.4 is 5.32 Å². The van der Waals surface area contributed by atoms with Crippen LogP contribution in [0.15, 0.2) is 27.9 Å². The first-order valence-electron chi connectivity index (χ1n) is 8.02. The minimum absolute atomic E-state index is 0.744.